The summed E-state index contributed by atoms with van der Waals surface area (Å²) in [4.78, 5) is 18.6. The van der Waals surface area contributed by atoms with Crippen LogP contribution in [0.25, 0.3) is 78.4 Å². The van der Waals surface area contributed by atoms with Gasteiger partial charge < -0.3 is 0 Å². The predicted molar refractivity (Wildman–Crippen MR) is 243 cm³/mol. The minimum Gasteiger partial charge on any atom is -0.293 e. The molecule has 4 heterocycles. The molecule has 0 N–H and O–H groups in total. The zero-order valence-corrected chi connectivity index (χ0v) is 33.0. The zero-order valence-electron chi connectivity index (χ0n) is 32.2. The van der Waals surface area contributed by atoms with Crippen LogP contribution in [0.3, 0.4) is 0 Å². The Morgan fingerprint density at radius 1 is 0.433 bits per heavy atom. The van der Waals surface area contributed by atoms with Crippen LogP contribution in [-0.2, 0) is 5.41 Å². The van der Waals surface area contributed by atoms with Gasteiger partial charge in [-0.2, -0.15) is 9.97 Å². The first-order chi connectivity index (χ1) is 29.8. The van der Waals surface area contributed by atoms with Gasteiger partial charge in [-0.1, -0.05) is 182 Å². The van der Waals surface area contributed by atoms with Crippen molar-refractivity contribution < 1.29 is 0 Å². The summed E-state index contributed by atoms with van der Waals surface area (Å²) in [5, 5.41) is 3.56. The summed E-state index contributed by atoms with van der Waals surface area (Å²) < 4.78 is 4.69. The lowest BCUT2D eigenvalue weighted by Crippen LogP contribution is -2.28. The van der Waals surface area contributed by atoms with E-state index in [9.17, 15) is 0 Å². The van der Waals surface area contributed by atoms with Gasteiger partial charge >= 0.3 is 0 Å². The highest BCUT2D eigenvalue weighted by Gasteiger charge is 2.46. The third kappa shape index (κ3) is 4.56. The maximum Gasteiger partial charge on any atom is 0.239 e. The largest absolute Gasteiger partial charge is 0.293 e. The molecule has 6 heteroatoms. The van der Waals surface area contributed by atoms with Crippen molar-refractivity contribution in [1.29, 1.82) is 0 Å². The molecule has 60 heavy (non-hydrogen) atoms. The van der Waals surface area contributed by atoms with Gasteiger partial charge in [0.15, 0.2) is 11.6 Å². The molecule has 0 atom stereocenters. The Morgan fingerprint density at radius 3 is 1.82 bits per heavy atom. The third-order valence-electron chi connectivity index (χ3n) is 12.4. The Morgan fingerprint density at radius 2 is 1.02 bits per heavy atom. The summed E-state index contributed by atoms with van der Waals surface area (Å²) in [5.41, 5.74) is 13.2. The first-order valence-corrected chi connectivity index (χ1v) is 21.1. The summed E-state index contributed by atoms with van der Waals surface area (Å²) in [6.07, 6.45) is 0. The van der Waals surface area contributed by atoms with Crippen LogP contribution in [0.5, 0.6) is 0 Å². The maximum atomic E-state index is 5.49. The number of nitrogens with zero attached hydrogens (tertiary/aromatic N) is 5. The third-order valence-corrected chi connectivity index (χ3v) is 13.6. The van der Waals surface area contributed by atoms with E-state index in [2.05, 4.69) is 191 Å². The van der Waals surface area contributed by atoms with Gasteiger partial charge in [0.2, 0.25) is 5.95 Å². The molecular weight excluding hydrogens is 751 g/mol. The minimum atomic E-state index is -0.552. The highest BCUT2D eigenvalue weighted by molar-refractivity contribution is 7.99. The summed E-state index contributed by atoms with van der Waals surface area (Å²) in [7, 11) is 0. The molecule has 5 nitrogen and oxygen atoms in total. The first kappa shape index (κ1) is 33.4. The maximum absolute atomic E-state index is 5.49. The van der Waals surface area contributed by atoms with Crippen molar-refractivity contribution in [2.24, 2.45) is 0 Å². The SMILES string of the molecule is c1ccc(-c2nc(-c3cccc(C4(c5ccccc5)c5ccccc5-c5ccccc54)c3)nc(-n3c4ccccc4c4c5cccc6c5n(c43)-c3ccccc3S6)n2)cc1. The van der Waals surface area contributed by atoms with E-state index in [0.29, 0.717) is 17.6 Å². The lowest BCUT2D eigenvalue weighted by atomic mass is 9.67. The van der Waals surface area contributed by atoms with Crippen LogP contribution >= 0.6 is 11.8 Å². The average molecular weight is 784 g/mol. The van der Waals surface area contributed by atoms with E-state index in [1.165, 1.54) is 53.9 Å². The molecule has 8 aromatic carbocycles. The quantitative estimate of drug-likeness (QED) is 0.174. The molecule has 1 aliphatic heterocycles. The summed E-state index contributed by atoms with van der Waals surface area (Å²) in [5.74, 6) is 1.80. The lowest BCUT2D eigenvalue weighted by molar-refractivity contribution is 0.768. The van der Waals surface area contributed by atoms with Gasteiger partial charge in [0.25, 0.3) is 0 Å². The van der Waals surface area contributed by atoms with Gasteiger partial charge in [0.1, 0.15) is 5.65 Å². The smallest absolute Gasteiger partial charge is 0.239 e. The number of aromatic nitrogens is 5. The highest BCUT2D eigenvalue weighted by Crippen LogP contribution is 2.56. The topological polar surface area (TPSA) is 48.5 Å². The van der Waals surface area contributed by atoms with Gasteiger partial charge in [-0.25, -0.2) is 4.98 Å². The van der Waals surface area contributed by atoms with Crippen LogP contribution in [0.4, 0.5) is 0 Å². The molecule has 0 saturated carbocycles. The number of benzene rings is 8. The Balaban J connectivity index is 1.11. The Bertz CT molecular complexity index is 3490. The number of hydrogen-bond donors (Lipinski definition) is 0. The van der Waals surface area contributed by atoms with Crippen LogP contribution in [0.2, 0.25) is 0 Å². The molecule has 3 aromatic heterocycles. The number of para-hydroxylation sites is 3. The lowest BCUT2D eigenvalue weighted by Gasteiger charge is -2.34. The van der Waals surface area contributed by atoms with E-state index < -0.39 is 5.41 Å². The fraction of sp³-hybridized carbons (Fsp3) is 0.0185. The van der Waals surface area contributed by atoms with Crippen molar-refractivity contribution in [2.75, 3.05) is 0 Å². The molecule has 0 saturated heterocycles. The van der Waals surface area contributed by atoms with Gasteiger partial charge in [-0.05, 0) is 63.7 Å². The Labute approximate surface area is 350 Å². The normalized spacial score (nSPS) is 13.4. The van der Waals surface area contributed by atoms with Crippen molar-refractivity contribution in [3.8, 4) is 45.5 Å². The van der Waals surface area contributed by atoms with Crippen LogP contribution < -0.4 is 0 Å². The van der Waals surface area contributed by atoms with Gasteiger partial charge in [-0.15, -0.1) is 0 Å². The molecular formula is C54H33N5S. The summed E-state index contributed by atoms with van der Waals surface area (Å²) >= 11 is 1.83. The zero-order chi connectivity index (χ0) is 39.4. The predicted octanol–water partition coefficient (Wildman–Crippen LogP) is 13.1. The first-order valence-electron chi connectivity index (χ1n) is 20.3. The van der Waals surface area contributed by atoms with E-state index >= 15 is 0 Å². The second-order valence-electron chi connectivity index (χ2n) is 15.5. The summed E-state index contributed by atoms with van der Waals surface area (Å²) in [6.45, 7) is 0. The minimum absolute atomic E-state index is 0.552. The van der Waals surface area contributed by atoms with Gasteiger partial charge in [0.05, 0.1) is 22.1 Å². The van der Waals surface area contributed by atoms with Crippen LogP contribution in [0.1, 0.15) is 22.3 Å². The molecule has 0 unspecified atom stereocenters. The molecule has 0 amide bonds. The monoisotopic (exact) mass is 783 g/mol. The fourth-order valence-electron chi connectivity index (χ4n) is 10.0. The highest BCUT2D eigenvalue weighted by atomic mass is 32.2. The van der Waals surface area contributed by atoms with E-state index in [0.717, 1.165) is 38.9 Å². The van der Waals surface area contributed by atoms with Crippen molar-refractivity contribution in [1.82, 2.24) is 24.1 Å². The van der Waals surface area contributed by atoms with Crippen molar-refractivity contribution in [3.05, 3.63) is 222 Å². The number of fused-ring (bicyclic) bond motifs is 10. The molecule has 0 spiro atoms. The number of hydrogen-bond acceptors (Lipinski definition) is 4. The molecule has 11 aromatic rings. The van der Waals surface area contributed by atoms with E-state index in [-0.39, 0.29) is 0 Å². The number of rotatable bonds is 5. The van der Waals surface area contributed by atoms with E-state index in [4.69, 9.17) is 15.0 Å². The van der Waals surface area contributed by atoms with Crippen LogP contribution in [-0.4, -0.2) is 24.1 Å². The molecule has 0 bridgehead atoms. The standard InChI is InChI=1S/C54H33N5S/c1-3-17-34(18-4-1)50-55-51(35-19-15-22-37(33-35)54(36-20-5-2-6-21-36)42-27-10-7-23-38(42)39-24-8-11-28-43(39)54)57-53(56-50)59-44-29-12-9-25-40(44)48-41-26-16-32-47-49(41)58(52(48)59)45-30-13-14-31-46(45)60-47/h1-33H. The summed E-state index contributed by atoms with van der Waals surface area (Å²) in [6, 6.07) is 71.8. The molecule has 1 aliphatic carbocycles. The van der Waals surface area contributed by atoms with Crippen LogP contribution in [0, 0.1) is 0 Å². The fourth-order valence-corrected chi connectivity index (χ4v) is 11.1. The second-order valence-corrected chi connectivity index (χ2v) is 16.6. The molecule has 0 radical (unpaired) electrons. The van der Waals surface area contributed by atoms with Crippen molar-refractivity contribution in [2.45, 2.75) is 15.2 Å². The van der Waals surface area contributed by atoms with Crippen molar-refractivity contribution >= 4 is 44.6 Å². The molecule has 13 rings (SSSR count). The Kier molecular flexibility index (Phi) is 7.09. The van der Waals surface area contributed by atoms with Gasteiger partial charge in [-0.3, -0.25) is 9.13 Å². The van der Waals surface area contributed by atoms with Crippen molar-refractivity contribution in [3.63, 3.8) is 0 Å². The molecule has 280 valence electrons. The van der Waals surface area contributed by atoms with Gasteiger partial charge in [0, 0.05) is 37.1 Å². The van der Waals surface area contributed by atoms with E-state index in [1.54, 1.807) is 0 Å². The average Bonchev–Trinajstić information content (AvgIpc) is 3.95. The van der Waals surface area contributed by atoms with E-state index in [1.807, 2.05) is 30.0 Å². The van der Waals surface area contributed by atoms with Crippen LogP contribution in [0.15, 0.2) is 210 Å². The second kappa shape index (κ2) is 12.7. The molecule has 2 aliphatic rings. The Hall–Kier alpha value is -7.54. The molecule has 0 fully saturated rings.